The third-order valence-corrected chi connectivity index (χ3v) is 4.81. The molecule has 0 saturated heterocycles. The molecule has 24 heavy (non-hydrogen) atoms. The first-order valence-electron chi connectivity index (χ1n) is 7.45. The molecule has 0 fully saturated rings. The van der Waals surface area contributed by atoms with Gasteiger partial charge in [-0.25, -0.2) is 0 Å². The molecule has 122 valence electrons. The summed E-state index contributed by atoms with van der Waals surface area (Å²) >= 11 is 7.62. The number of carbonyl (C=O) groups excluding carboxylic acids is 1. The van der Waals surface area contributed by atoms with Crippen molar-refractivity contribution in [1.29, 1.82) is 0 Å². The van der Waals surface area contributed by atoms with E-state index < -0.39 is 0 Å². The SMILES string of the molecule is Cc1cc(OCC(=O)Nc2ccccc2-c2cccs2)ccc1Cl. The number of thiophene rings is 1. The van der Waals surface area contributed by atoms with Crippen molar-refractivity contribution in [2.24, 2.45) is 0 Å². The van der Waals surface area contributed by atoms with Gasteiger partial charge in [-0.3, -0.25) is 4.79 Å². The molecule has 0 aliphatic heterocycles. The first-order chi connectivity index (χ1) is 11.6. The van der Waals surface area contributed by atoms with Gasteiger partial charge in [0.1, 0.15) is 5.75 Å². The van der Waals surface area contributed by atoms with Gasteiger partial charge < -0.3 is 10.1 Å². The standard InChI is InChI=1S/C19H16ClNO2S/c1-13-11-14(8-9-16(13)20)23-12-19(22)21-17-6-3-2-5-15(17)18-7-4-10-24-18/h2-11H,12H2,1H3,(H,21,22). The van der Waals surface area contributed by atoms with Gasteiger partial charge in [-0.05, 0) is 48.2 Å². The Morgan fingerprint density at radius 3 is 2.75 bits per heavy atom. The zero-order chi connectivity index (χ0) is 16.9. The van der Waals surface area contributed by atoms with Crippen LogP contribution in [-0.4, -0.2) is 12.5 Å². The van der Waals surface area contributed by atoms with Crippen LogP contribution in [0.25, 0.3) is 10.4 Å². The van der Waals surface area contributed by atoms with Gasteiger partial charge in [0, 0.05) is 21.2 Å². The lowest BCUT2D eigenvalue weighted by molar-refractivity contribution is -0.118. The Morgan fingerprint density at radius 1 is 1.17 bits per heavy atom. The molecule has 0 atom stereocenters. The molecule has 0 aliphatic rings. The summed E-state index contributed by atoms with van der Waals surface area (Å²) in [7, 11) is 0. The van der Waals surface area contributed by atoms with Crippen LogP contribution in [0.5, 0.6) is 5.75 Å². The summed E-state index contributed by atoms with van der Waals surface area (Å²) in [6.07, 6.45) is 0. The molecule has 0 spiro atoms. The molecule has 1 N–H and O–H groups in total. The number of aryl methyl sites for hydroxylation is 1. The number of rotatable bonds is 5. The molecule has 0 unspecified atom stereocenters. The van der Waals surface area contributed by atoms with E-state index in [2.05, 4.69) is 5.32 Å². The topological polar surface area (TPSA) is 38.3 Å². The zero-order valence-corrected chi connectivity index (χ0v) is 14.7. The van der Waals surface area contributed by atoms with Crippen molar-refractivity contribution in [3.8, 4) is 16.2 Å². The van der Waals surface area contributed by atoms with Crippen LogP contribution < -0.4 is 10.1 Å². The molecule has 1 heterocycles. The van der Waals surface area contributed by atoms with E-state index in [9.17, 15) is 4.79 Å². The number of halogens is 1. The summed E-state index contributed by atoms with van der Waals surface area (Å²) in [6, 6.07) is 17.1. The Kier molecular flexibility index (Phi) is 5.18. The Bertz CT molecular complexity index is 846. The molecule has 1 amide bonds. The van der Waals surface area contributed by atoms with E-state index >= 15 is 0 Å². The number of ether oxygens (including phenoxy) is 1. The lowest BCUT2D eigenvalue weighted by Gasteiger charge is -2.11. The molecule has 2 aromatic carbocycles. The number of carbonyl (C=O) groups is 1. The molecular formula is C19H16ClNO2S. The minimum atomic E-state index is -0.202. The second-order valence-corrected chi connectivity index (χ2v) is 6.63. The zero-order valence-electron chi connectivity index (χ0n) is 13.1. The largest absolute Gasteiger partial charge is 0.484 e. The number of para-hydroxylation sites is 1. The van der Waals surface area contributed by atoms with Crippen molar-refractivity contribution in [3.63, 3.8) is 0 Å². The molecule has 3 rings (SSSR count). The van der Waals surface area contributed by atoms with E-state index in [0.29, 0.717) is 10.8 Å². The van der Waals surface area contributed by atoms with Crippen LogP contribution >= 0.6 is 22.9 Å². The molecule has 0 radical (unpaired) electrons. The Morgan fingerprint density at radius 2 is 2.00 bits per heavy atom. The number of amides is 1. The van der Waals surface area contributed by atoms with Crippen LogP contribution in [0.4, 0.5) is 5.69 Å². The van der Waals surface area contributed by atoms with Gasteiger partial charge in [-0.15, -0.1) is 11.3 Å². The minimum absolute atomic E-state index is 0.0557. The van der Waals surface area contributed by atoms with E-state index in [1.54, 1.807) is 23.5 Å². The highest BCUT2D eigenvalue weighted by Crippen LogP contribution is 2.31. The first-order valence-corrected chi connectivity index (χ1v) is 8.71. The summed E-state index contributed by atoms with van der Waals surface area (Å²) in [5, 5.41) is 5.60. The van der Waals surface area contributed by atoms with Crippen molar-refractivity contribution in [2.75, 3.05) is 11.9 Å². The van der Waals surface area contributed by atoms with Crippen molar-refractivity contribution in [3.05, 3.63) is 70.6 Å². The molecule has 3 aromatic rings. The van der Waals surface area contributed by atoms with E-state index in [4.69, 9.17) is 16.3 Å². The van der Waals surface area contributed by atoms with Crippen LogP contribution in [0.3, 0.4) is 0 Å². The van der Waals surface area contributed by atoms with Gasteiger partial charge >= 0.3 is 0 Å². The summed E-state index contributed by atoms with van der Waals surface area (Å²) in [5.74, 6) is 0.421. The van der Waals surface area contributed by atoms with Crippen LogP contribution in [0.2, 0.25) is 5.02 Å². The van der Waals surface area contributed by atoms with Gasteiger partial charge in [0.05, 0.1) is 0 Å². The van der Waals surface area contributed by atoms with Gasteiger partial charge in [0.15, 0.2) is 6.61 Å². The highest BCUT2D eigenvalue weighted by atomic mass is 35.5. The van der Waals surface area contributed by atoms with E-state index in [0.717, 1.165) is 21.7 Å². The van der Waals surface area contributed by atoms with Crippen molar-refractivity contribution >= 4 is 34.5 Å². The normalized spacial score (nSPS) is 10.4. The molecular weight excluding hydrogens is 342 g/mol. The third-order valence-electron chi connectivity index (χ3n) is 3.49. The predicted octanol–water partition coefficient (Wildman–Crippen LogP) is 5.39. The maximum absolute atomic E-state index is 12.2. The fourth-order valence-corrected chi connectivity index (χ4v) is 3.16. The fraction of sp³-hybridized carbons (Fsp3) is 0.105. The Hall–Kier alpha value is -2.30. The van der Waals surface area contributed by atoms with Crippen LogP contribution in [-0.2, 0) is 4.79 Å². The lowest BCUT2D eigenvalue weighted by atomic mass is 10.1. The summed E-state index contributed by atoms with van der Waals surface area (Å²) in [4.78, 5) is 13.3. The third kappa shape index (κ3) is 3.96. The van der Waals surface area contributed by atoms with Crippen LogP contribution in [0.1, 0.15) is 5.56 Å². The molecule has 1 aromatic heterocycles. The molecule has 3 nitrogen and oxygen atoms in total. The van der Waals surface area contributed by atoms with E-state index in [-0.39, 0.29) is 12.5 Å². The summed E-state index contributed by atoms with van der Waals surface area (Å²) in [6.45, 7) is 1.84. The highest BCUT2D eigenvalue weighted by Gasteiger charge is 2.10. The Balaban J connectivity index is 1.66. The molecule has 5 heteroatoms. The first kappa shape index (κ1) is 16.6. The molecule has 0 saturated carbocycles. The highest BCUT2D eigenvalue weighted by molar-refractivity contribution is 7.13. The number of benzene rings is 2. The van der Waals surface area contributed by atoms with Crippen LogP contribution in [0, 0.1) is 6.92 Å². The molecule has 0 aliphatic carbocycles. The van der Waals surface area contributed by atoms with Gasteiger partial charge in [0.2, 0.25) is 0 Å². The van der Waals surface area contributed by atoms with E-state index in [1.165, 1.54) is 0 Å². The lowest BCUT2D eigenvalue weighted by Crippen LogP contribution is -2.20. The minimum Gasteiger partial charge on any atom is -0.484 e. The Labute approximate surface area is 149 Å². The summed E-state index contributed by atoms with van der Waals surface area (Å²) < 4.78 is 5.54. The van der Waals surface area contributed by atoms with Crippen molar-refractivity contribution in [2.45, 2.75) is 6.92 Å². The van der Waals surface area contributed by atoms with Crippen molar-refractivity contribution in [1.82, 2.24) is 0 Å². The van der Waals surface area contributed by atoms with Gasteiger partial charge in [0.25, 0.3) is 5.91 Å². The number of hydrogen-bond donors (Lipinski definition) is 1. The van der Waals surface area contributed by atoms with Gasteiger partial charge in [-0.2, -0.15) is 0 Å². The fourth-order valence-electron chi connectivity index (χ4n) is 2.28. The monoisotopic (exact) mass is 357 g/mol. The number of anilines is 1. The maximum Gasteiger partial charge on any atom is 0.262 e. The second kappa shape index (κ2) is 7.51. The second-order valence-electron chi connectivity index (χ2n) is 5.27. The average Bonchev–Trinajstić information content (AvgIpc) is 3.11. The van der Waals surface area contributed by atoms with E-state index in [1.807, 2.05) is 54.8 Å². The number of hydrogen-bond acceptors (Lipinski definition) is 3. The predicted molar refractivity (Wildman–Crippen MR) is 100 cm³/mol. The van der Waals surface area contributed by atoms with Gasteiger partial charge in [-0.1, -0.05) is 35.9 Å². The average molecular weight is 358 g/mol. The van der Waals surface area contributed by atoms with Crippen molar-refractivity contribution < 1.29 is 9.53 Å². The smallest absolute Gasteiger partial charge is 0.262 e. The summed E-state index contributed by atoms with van der Waals surface area (Å²) in [5.41, 5.74) is 2.70. The maximum atomic E-state index is 12.2. The van der Waals surface area contributed by atoms with Crippen LogP contribution in [0.15, 0.2) is 60.0 Å². The molecule has 0 bridgehead atoms. The number of nitrogens with one attached hydrogen (secondary N) is 1. The quantitative estimate of drug-likeness (QED) is 0.664.